The molecule has 1 N–H and O–H groups in total. The predicted octanol–water partition coefficient (Wildman–Crippen LogP) is 3.57. The summed E-state index contributed by atoms with van der Waals surface area (Å²) in [6.45, 7) is 10.5. The Morgan fingerprint density at radius 3 is 2.79 bits per heavy atom. The van der Waals surface area contributed by atoms with E-state index in [1.807, 2.05) is 12.3 Å². The molecule has 2 heterocycles. The molecule has 0 spiro atoms. The summed E-state index contributed by atoms with van der Waals surface area (Å²) in [7, 11) is 0. The summed E-state index contributed by atoms with van der Waals surface area (Å²) in [4.78, 5) is 10.4. The van der Waals surface area contributed by atoms with Crippen molar-refractivity contribution in [3.63, 3.8) is 0 Å². The van der Waals surface area contributed by atoms with Crippen molar-refractivity contribution in [3.05, 3.63) is 34.5 Å². The monoisotopic (exact) mass is 275 g/mol. The van der Waals surface area contributed by atoms with Gasteiger partial charge in [0.15, 0.2) is 0 Å². The van der Waals surface area contributed by atoms with Crippen LogP contribution < -0.4 is 5.32 Å². The van der Waals surface area contributed by atoms with Crippen LogP contribution in [0, 0.1) is 19.8 Å². The molecular weight excluding hydrogens is 254 g/mol. The highest BCUT2D eigenvalue weighted by Gasteiger charge is 2.11. The van der Waals surface area contributed by atoms with Gasteiger partial charge in [0.25, 0.3) is 0 Å². The van der Waals surface area contributed by atoms with Crippen molar-refractivity contribution in [2.24, 2.45) is 5.92 Å². The van der Waals surface area contributed by atoms with Gasteiger partial charge in [-0.25, -0.2) is 4.98 Å². The summed E-state index contributed by atoms with van der Waals surface area (Å²) >= 11 is 1.74. The van der Waals surface area contributed by atoms with Gasteiger partial charge in [-0.3, -0.25) is 4.98 Å². The number of hydrogen-bond donors (Lipinski definition) is 1. The van der Waals surface area contributed by atoms with Gasteiger partial charge < -0.3 is 5.32 Å². The molecule has 0 atom stereocenters. The molecule has 0 radical (unpaired) electrons. The minimum absolute atomic E-state index is 0.672. The van der Waals surface area contributed by atoms with Gasteiger partial charge in [-0.15, -0.1) is 11.3 Å². The molecular formula is C15H21N3S. The van der Waals surface area contributed by atoms with E-state index in [9.17, 15) is 0 Å². The Morgan fingerprint density at radius 2 is 2.11 bits per heavy atom. The summed E-state index contributed by atoms with van der Waals surface area (Å²) in [5.41, 5.74) is 3.30. The molecule has 0 bridgehead atoms. The van der Waals surface area contributed by atoms with E-state index in [4.69, 9.17) is 0 Å². The van der Waals surface area contributed by atoms with E-state index in [1.165, 1.54) is 10.4 Å². The first-order chi connectivity index (χ1) is 9.08. The van der Waals surface area contributed by atoms with Gasteiger partial charge in [0.05, 0.1) is 5.69 Å². The predicted molar refractivity (Wildman–Crippen MR) is 81.4 cm³/mol. The zero-order chi connectivity index (χ0) is 13.8. The Balaban J connectivity index is 2.15. The first-order valence-corrected chi connectivity index (χ1v) is 7.48. The van der Waals surface area contributed by atoms with Crippen LogP contribution in [-0.2, 0) is 6.54 Å². The largest absolute Gasteiger partial charge is 0.312 e. The molecule has 0 saturated heterocycles. The van der Waals surface area contributed by atoms with Crippen molar-refractivity contribution in [3.8, 4) is 10.7 Å². The maximum atomic E-state index is 4.66. The molecule has 102 valence electrons. The van der Waals surface area contributed by atoms with Crippen molar-refractivity contribution < 1.29 is 0 Å². The lowest BCUT2D eigenvalue weighted by Crippen LogP contribution is -2.18. The number of thiazole rings is 1. The third-order valence-corrected chi connectivity index (χ3v) is 4.11. The molecule has 0 aromatic carbocycles. The quantitative estimate of drug-likeness (QED) is 0.906. The molecule has 0 aliphatic carbocycles. The number of hydrogen-bond acceptors (Lipinski definition) is 4. The fourth-order valence-corrected chi connectivity index (χ4v) is 2.97. The Kier molecular flexibility index (Phi) is 4.66. The molecule has 0 fully saturated rings. The number of nitrogens with one attached hydrogen (secondary N) is 1. The average molecular weight is 275 g/mol. The van der Waals surface area contributed by atoms with Crippen molar-refractivity contribution in [1.29, 1.82) is 0 Å². The highest BCUT2D eigenvalue weighted by atomic mass is 32.1. The van der Waals surface area contributed by atoms with Gasteiger partial charge >= 0.3 is 0 Å². The molecule has 0 unspecified atom stereocenters. The van der Waals surface area contributed by atoms with E-state index in [1.54, 1.807) is 11.3 Å². The van der Waals surface area contributed by atoms with E-state index >= 15 is 0 Å². The molecule has 0 saturated carbocycles. The third-order valence-electron chi connectivity index (χ3n) is 2.94. The van der Waals surface area contributed by atoms with Crippen molar-refractivity contribution in [1.82, 2.24) is 15.3 Å². The highest BCUT2D eigenvalue weighted by molar-refractivity contribution is 7.15. The van der Waals surface area contributed by atoms with Gasteiger partial charge in [-0.05, 0) is 37.9 Å². The van der Waals surface area contributed by atoms with Gasteiger partial charge in [0.2, 0.25) is 0 Å². The van der Waals surface area contributed by atoms with E-state index in [-0.39, 0.29) is 0 Å². The normalized spacial score (nSPS) is 11.2. The second-order valence-electron chi connectivity index (χ2n) is 5.22. The Labute approximate surface area is 119 Å². The van der Waals surface area contributed by atoms with Crippen LogP contribution in [0.1, 0.15) is 30.0 Å². The second-order valence-corrected chi connectivity index (χ2v) is 6.30. The van der Waals surface area contributed by atoms with Crippen LogP contribution in [0.4, 0.5) is 0 Å². The summed E-state index contributed by atoms with van der Waals surface area (Å²) in [5, 5.41) is 4.50. The highest BCUT2D eigenvalue weighted by Crippen LogP contribution is 2.28. The maximum Gasteiger partial charge on any atom is 0.142 e. The molecule has 0 aliphatic heterocycles. The number of pyridine rings is 1. The minimum Gasteiger partial charge on any atom is -0.312 e. The second kappa shape index (κ2) is 6.26. The average Bonchev–Trinajstić information content (AvgIpc) is 2.71. The Hall–Kier alpha value is -1.26. The molecule has 4 heteroatoms. The molecule has 3 nitrogen and oxygen atoms in total. The van der Waals surface area contributed by atoms with Crippen molar-refractivity contribution in [2.75, 3.05) is 6.54 Å². The lowest BCUT2D eigenvalue weighted by Gasteiger charge is -2.05. The first kappa shape index (κ1) is 14.2. The first-order valence-electron chi connectivity index (χ1n) is 6.67. The van der Waals surface area contributed by atoms with Crippen LogP contribution in [0.25, 0.3) is 10.7 Å². The summed E-state index contributed by atoms with van der Waals surface area (Å²) in [6, 6.07) is 4.04. The van der Waals surface area contributed by atoms with E-state index in [0.29, 0.717) is 5.92 Å². The maximum absolute atomic E-state index is 4.66. The molecule has 19 heavy (non-hydrogen) atoms. The summed E-state index contributed by atoms with van der Waals surface area (Å²) in [6.07, 6.45) is 1.83. The molecule has 2 rings (SSSR count). The fourth-order valence-electron chi connectivity index (χ4n) is 1.88. The van der Waals surface area contributed by atoms with Crippen LogP contribution in [0.3, 0.4) is 0 Å². The Bertz CT molecular complexity index is 546. The molecule has 0 aliphatic rings. The van der Waals surface area contributed by atoms with Gasteiger partial charge in [-0.1, -0.05) is 19.9 Å². The number of nitrogens with zero attached hydrogens (tertiary/aromatic N) is 2. The van der Waals surface area contributed by atoms with Gasteiger partial charge in [0, 0.05) is 17.6 Å². The van der Waals surface area contributed by atoms with E-state index < -0.39 is 0 Å². The van der Waals surface area contributed by atoms with Crippen molar-refractivity contribution in [2.45, 2.75) is 34.2 Å². The summed E-state index contributed by atoms with van der Waals surface area (Å²) in [5.74, 6) is 0.672. The van der Waals surface area contributed by atoms with Crippen LogP contribution in [0.15, 0.2) is 18.3 Å². The van der Waals surface area contributed by atoms with Crippen LogP contribution in [0.5, 0.6) is 0 Å². The summed E-state index contributed by atoms with van der Waals surface area (Å²) < 4.78 is 0. The van der Waals surface area contributed by atoms with Gasteiger partial charge in [0.1, 0.15) is 10.7 Å². The molecule has 2 aromatic rings. The van der Waals surface area contributed by atoms with Crippen LogP contribution >= 0.6 is 11.3 Å². The van der Waals surface area contributed by atoms with Crippen LogP contribution in [-0.4, -0.2) is 16.5 Å². The number of aromatic nitrogens is 2. The third kappa shape index (κ3) is 3.61. The standard InChI is InChI=1S/C15H21N3S/c1-10(2)8-16-9-13-12(4)18-15(19-13)14-11(3)6-5-7-17-14/h5-7,10,16H,8-9H2,1-4H3. The van der Waals surface area contributed by atoms with Gasteiger partial charge in [-0.2, -0.15) is 0 Å². The zero-order valence-corrected chi connectivity index (χ0v) is 12.8. The lowest BCUT2D eigenvalue weighted by molar-refractivity contribution is 0.554. The number of aryl methyl sites for hydroxylation is 2. The van der Waals surface area contributed by atoms with E-state index in [0.717, 1.165) is 29.5 Å². The van der Waals surface area contributed by atoms with Crippen molar-refractivity contribution >= 4 is 11.3 Å². The fraction of sp³-hybridized carbons (Fsp3) is 0.467. The molecule has 2 aromatic heterocycles. The van der Waals surface area contributed by atoms with E-state index in [2.05, 4.69) is 49.0 Å². The number of rotatable bonds is 5. The smallest absolute Gasteiger partial charge is 0.142 e. The lowest BCUT2D eigenvalue weighted by atomic mass is 10.2. The molecule has 0 amide bonds. The topological polar surface area (TPSA) is 37.8 Å². The SMILES string of the molecule is Cc1cccnc1-c1nc(C)c(CNCC(C)C)s1. The Morgan fingerprint density at radius 1 is 1.32 bits per heavy atom. The van der Waals surface area contributed by atoms with Crippen LogP contribution in [0.2, 0.25) is 0 Å². The minimum atomic E-state index is 0.672. The zero-order valence-electron chi connectivity index (χ0n) is 12.0.